The van der Waals surface area contributed by atoms with Gasteiger partial charge in [0, 0.05) is 5.69 Å². The van der Waals surface area contributed by atoms with Gasteiger partial charge in [-0.05, 0) is 49.8 Å². The molecule has 0 aromatic heterocycles. The number of nitriles is 1. The van der Waals surface area contributed by atoms with Crippen LogP contribution in [0.3, 0.4) is 0 Å². The Morgan fingerprint density at radius 3 is 2.58 bits per heavy atom. The highest BCUT2D eigenvalue weighted by Gasteiger charge is 2.39. The molecule has 31 heavy (non-hydrogen) atoms. The summed E-state index contributed by atoms with van der Waals surface area (Å²) in [6.45, 7) is 2.26. The first-order valence-electron chi connectivity index (χ1n) is 9.10. The Balaban J connectivity index is 2.42. The number of nitrogens with one attached hydrogen (secondary N) is 2. The third-order valence-electron chi connectivity index (χ3n) is 4.68. The predicted molar refractivity (Wildman–Crippen MR) is 108 cm³/mol. The minimum Gasteiger partial charge on any atom is -0.322 e. The second-order valence-electron chi connectivity index (χ2n) is 7.09. The SMILES string of the molecule is C=S(=O)(N[C@H](C)C(F)(F)F)C1=CCCC(C)C(C(=O)Nc2ccc(F)c(C#N)c2)=C1F. The summed E-state index contributed by atoms with van der Waals surface area (Å²) in [5.41, 5.74) is -0.748. The summed E-state index contributed by atoms with van der Waals surface area (Å²) in [4.78, 5) is 12.1. The third-order valence-corrected chi connectivity index (χ3v) is 6.47. The summed E-state index contributed by atoms with van der Waals surface area (Å²) >= 11 is 0. The molecule has 1 aromatic carbocycles. The van der Waals surface area contributed by atoms with Gasteiger partial charge in [0.2, 0.25) is 0 Å². The van der Waals surface area contributed by atoms with Crippen LogP contribution in [0.15, 0.2) is 40.6 Å². The molecular formula is C20H20F5N3O2S. The largest absolute Gasteiger partial charge is 0.404 e. The van der Waals surface area contributed by atoms with Crippen LogP contribution in [0.25, 0.3) is 0 Å². The monoisotopic (exact) mass is 461 g/mol. The average molecular weight is 461 g/mol. The molecule has 0 fully saturated rings. The van der Waals surface area contributed by atoms with Crippen LogP contribution in [0.4, 0.5) is 27.6 Å². The Hall–Kier alpha value is -2.71. The van der Waals surface area contributed by atoms with E-state index in [1.165, 1.54) is 19.1 Å². The maximum absolute atomic E-state index is 15.3. The van der Waals surface area contributed by atoms with E-state index in [4.69, 9.17) is 5.26 Å². The van der Waals surface area contributed by atoms with Gasteiger partial charge in [0.05, 0.1) is 25.7 Å². The van der Waals surface area contributed by atoms with Gasteiger partial charge in [0.1, 0.15) is 23.8 Å². The van der Waals surface area contributed by atoms with Crippen LogP contribution >= 0.6 is 0 Å². The van der Waals surface area contributed by atoms with Crippen molar-refractivity contribution in [3.63, 3.8) is 0 Å². The summed E-state index contributed by atoms with van der Waals surface area (Å²) in [5.74, 6) is -0.414. The molecule has 1 aliphatic carbocycles. The first-order chi connectivity index (χ1) is 14.3. The lowest BCUT2D eigenvalue weighted by Crippen LogP contribution is -2.43. The number of anilines is 1. The van der Waals surface area contributed by atoms with Gasteiger partial charge < -0.3 is 5.32 Å². The zero-order chi connectivity index (χ0) is 23.6. The lowest BCUT2D eigenvalue weighted by Gasteiger charge is -2.22. The van der Waals surface area contributed by atoms with Crippen LogP contribution in [-0.4, -0.2) is 28.2 Å². The Morgan fingerprint density at radius 1 is 1.35 bits per heavy atom. The van der Waals surface area contributed by atoms with Gasteiger partial charge in [-0.25, -0.2) is 17.7 Å². The van der Waals surface area contributed by atoms with Crippen LogP contribution < -0.4 is 10.0 Å². The molecule has 11 heteroatoms. The quantitative estimate of drug-likeness (QED) is 0.506. The number of hydrogen-bond acceptors (Lipinski definition) is 3. The lowest BCUT2D eigenvalue weighted by molar-refractivity contribution is -0.146. The number of benzene rings is 1. The normalized spacial score (nSPS) is 20.2. The molecule has 168 valence electrons. The Kier molecular flexibility index (Phi) is 7.28. The van der Waals surface area contributed by atoms with E-state index in [-0.39, 0.29) is 24.1 Å². The van der Waals surface area contributed by atoms with E-state index in [0.717, 1.165) is 19.1 Å². The van der Waals surface area contributed by atoms with Crippen molar-refractivity contribution in [2.45, 2.75) is 38.9 Å². The smallest absolute Gasteiger partial charge is 0.322 e. The number of alkyl halides is 3. The Bertz CT molecular complexity index is 1090. The van der Waals surface area contributed by atoms with Crippen LogP contribution in [0.5, 0.6) is 0 Å². The maximum Gasteiger partial charge on any atom is 0.404 e. The van der Waals surface area contributed by atoms with Gasteiger partial charge in [-0.2, -0.15) is 18.4 Å². The van der Waals surface area contributed by atoms with Crippen molar-refractivity contribution in [3.05, 3.63) is 52.0 Å². The molecule has 2 unspecified atom stereocenters. The van der Waals surface area contributed by atoms with Crippen LogP contribution in [0.2, 0.25) is 0 Å². The Labute approximate surface area is 176 Å². The van der Waals surface area contributed by atoms with E-state index in [1.807, 2.05) is 4.72 Å². The molecule has 0 aliphatic heterocycles. The van der Waals surface area contributed by atoms with Gasteiger partial charge in [-0.3, -0.25) is 4.79 Å². The zero-order valence-corrected chi connectivity index (χ0v) is 17.5. The fourth-order valence-electron chi connectivity index (χ4n) is 2.95. The van der Waals surface area contributed by atoms with Crippen LogP contribution in [-0.2, 0) is 14.5 Å². The number of allylic oxidation sites excluding steroid dienone is 2. The van der Waals surface area contributed by atoms with E-state index < -0.39 is 55.9 Å². The fourth-order valence-corrected chi connectivity index (χ4v) is 4.57. The standard InChI is InChI=1S/C20H20F5N3O2S/c1-11-5-4-6-16(31(3,30)28-12(2)20(23,24)25)18(22)17(11)19(29)27-14-7-8-15(21)13(9-14)10-26/h6-9,11-12H,3-5H2,1-2H3,(H,27,29)(H,28,30)/t11?,12-,31?/m1/s1. The van der Waals surface area contributed by atoms with Crippen LogP contribution in [0, 0.1) is 23.1 Å². The minimum absolute atomic E-state index is 0.0180. The number of halogens is 5. The molecule has 0 saturated carbocycles. The lowest BCUT2D eigenvalue weighted by atomic mass is 9.96. The predicted octanol–water partition coefficient (Wildman–Crippen LogP) is 4.35. The summed E-state index contributed by atoms with van der Waals surface area (Å²) in [5, 5.41) is 11.2. The number of nitrogens with zero attached hydrogens (tertiary/aromatic N) is 1. The number of rotatable bonds is 5. The van der Waals surface area contributed by atoms with E-state index in [1.54, 1.807) is 6.07 Å². The molecule has 1 aliphatic rings. The molecule has 2 N–H and O–H groups in total. The van der Waals surface area contributed by atoms with Crippen molar-refractivity contribution in [3.8, 4) is 6.07 Å². The average Bonchev–Trinajstić information content (AvgIpc) is 2.80. The fraction of sp³-hybridized carbons (Fsp3) is 0.350. The molecule has 2 rings (SSSR count). The first kappa shape index (κ1) is 24.6. The van der Waals surface area contributed by atoms with Crippen molar-refractivity contribution in [2.24, 2.45) is 5.92 Å². The minimum atomic E-state index is -4.74. The topological polar surface area (TPSA) is 82.0 Å². The van der Waals surface area contributed by atoms with E-state index >= 15 is 4.39 Å². The number of carbonyl (C=O) groups is 1. The first-order valence-corrected chi connectivity index (χ1v) is 10.8. The molecular weight excluding hydrogens is 441 g/mol. The molecule has 0 saturated heterocycles. The van der Waals surface area contributed by atoms with Crippen molar-refractivity contribution in [2.75, 3.05) is 5.32 Å². The van der Waals surface area contributed by atoms with Crippen molar-refractivity contribution < 1.29 is 31.0 Å². The van der Waals surface area contributed by atoms with Gasteiger partial charge in [0.25, 0.3) is 5.91 Å². The third kappa shape index (κ3) is 5.71. The van der Waals surface area contributed by atoms with E-state index in [0.29, 0.717) is 0 Å². The second-order valence-corrected chi connectivity index (χ2v) is 9.12. The highest BCUT2D eigenvalue weighted by atomic mass is 32.2. The van der Waals surface area contributed by atoms with Crippen LogP contribution in [0.1, 0.15) is 32.3 Å². The Morgan fingerprint density at radius 2 is 2.00 bits per heavy atom. The maximum atomic E-state index is 15.3. The summed E-state index contributed by atoms with van der Waals surface area (Å²) in [7, 11) is -3.93. The summed E-state index contributed by atoms with van der Waals surface area (Å²) < 4.78 is 82.1. The van der Waals surface area contributed by atoms with Crippen molar-refractivity contribution in [1.82, 2.24) is 4.72 Å². The molecule has 5 nitrogen and oxygen atoms in total. The highest BCUT2D eigenvalue weighted by molar-refractivity contribution is 8.02. The van der Waals surface area contributed by atoms with Gasteiger partial charge in [0.15, 0.2) is 0 Å². The zero-order valence-electron chi connectivity index (χ0n) is 16.6. The van der Waals surface area contributed by atoms with Crippen molar-refractivity contribution in [1.29, 1.82) is 5.26 Å². The number of amides is 1. The second kappa shape index (κ2) is 9.20. The van der Waals surface area contributed by atoms with Gasteiger partial charge in [-0.1, -0.05) is 13.0 Å². The summed E-state index contributed by atoms with van der Waals surface area (Å²) in [6.07, 6.45) is -3.15. The highest BCUT2D eigenvalue weighted by Crippen LogP contribution is 2.34. The molecule has 3 atom stereocenters. The van der Waals surface area contributed by atoms with Crippen molar-refractivity contribution >= 4 is 27.2 Å². The van der Waals surface area contributed by atoms with Gasteiger partial charge in [-0.15, -0.1) is 0 Å². The van der Waals surface area contributed by atoms with Gasteiger partial charge >= 0.3 is 6.18 Å². The number of carbonyl (C=O) groups excluding carboxylic acids is 1. The molecule has 0 bridgehead atoms. The summed E-state index contributed by atoms with van der Waals surface area (Å²) in [6, 6.07) is 2.55. The van der Waals surface area contributed by atoms with E-state index in [2.05, 4.69) is 11.2 Å². The molecule has 0 radical (unpaired) electrons. The molecule has 0 heterocycles. The molecule has 1 aromatic rings. The molecule has 1 amide bonds. The van der Waals surface area contributed by atoms with E-state index in [9.17, 15) is 26.6 Å². The molecule has 0 spiro atoms. The number of hydrogen-bond donors (Lipinski definition) is 2.